The lowest BCUT2D eigenvalue weighted by atomic mass is 10.6. The molecule has 0 aliphatic rings. The highest BCUT2D eigenvalue weighted by molar-refractivity contribution is 5.77. The summed E-state index contributed by atoms with van der Waals surface area (Å²) in [6, 6.07) is 0. The van der Waals surface area contributed by atoms with Crippen LogP contribution in [0.3, 0.4) is 0 Å². The van der Waals surface area contributed by atoms with E-state index in [2.05, 4.69) is 10.1 Å². The molecule has 0 aliphatic carbocycles. The Morgan fingerprint density at radius 2 is 0.500 bits per heavy atom. The van der Waals surface area contributed by atoms with Crippen molar-refractivity contribution in [2.24, 2.45) is 0 Å². The molecule has 0 aromatic rings. The Hall–Kier alpha value is -2.15. The topological polar surface area (TPSA) is 233 Å². The summed E-state index contributed by atoms with van der Waals surface area (Å²) in [6.45, 7) is 9.85. The fourth-order valence-corrected chi connectivity index (χ4v) is 3.34. The van der Waals surface area contributed by atoms with Gasteiger partial charge in [0.15, 0.2) is 0 Å². The van der Waals surface area contributed by atoms with E-state index < -0.39 is 24.5 Å². The summed E-state index contributed by atoms with van der Waals surface area (Å²) in [4.78, 5) is 31.9. The summed E-state index contributed by atoms with van der Waals surface area (Å²) in [5.41, 5.74) is 0. The molecule has 20 heteroatoms. The first kappa shape index (κ1) is 49.9. The van der Waals surface area contributed by atoms with Crippen molar-refractivity contribution in [1.29, 1.82) is 0 Å². The molecule has 0 aromatic carbocycles. The van der Waals surface area contributed by atoms with Gasteiger partial charge in [-0.25, -0.2) is 9.59 Å². The van der Waals surface area contributed by atoms with E-state index in [4.69, 9.17) is 71.8 Å². The van der Waals surface area contributed by atoms with Crippen molar-refractivity contribution in [2.75, 3.05) is 192 Å². The summed E-state index contributed by atoms with van der Waals surface area (Å²) in [6.07, 6.45) is 0. The molecule has 0 fully saturated rings. The first-order valence-electron chi connectivity index (χ1n) is 17.3. The second-order valence-corrected chi connectivity index (χ2v) is 10.0. The van der Waals surface area contributed by atoms with E-state index in [0.29, 0.717) is 165 Å². The van der Waals surface area contributed by atoms with Gasteiger partial charge in [0.25, 0.3) is 0 Å². The molecule has 52 heavy (non-hydrogen) atoms. The van der Waals surface area contributed by atoms with E-state index in [1.54, 1.807) is 0 Å². The van der Waals surface area contributed by atoms with Crippen LogP contribution in [-0.2, 0) is 80.7 Å². The predicted molar refractivity (Wildman–Crippen MR) is 180 cm³/mol. The van der Waals surface area contributed by atoms with Crippen molar-refractivity contribution in [3.05, 3.63) is 0 Å². The third-order valence-electron chi connectivity index (χ3n) is 5.72. The Labute approximate surface area is 305 Å². The van der Waals surface area contributed by atoms with E-state index >= 15 is 0 Å². The van der Waals surface area contributed by atoms with Crippen LogP contribution < -0.4 is 5.32 Å². The second-order valence-electron chi connectivity index (χ2n) is 10.0. The molecule has 0 spiro atoms. The largest absolute Gasteiger partial charge is 0.480 e. The first-order chi connectivity index (χ1) is 25.5. The third-order valence-corrected chi connectivity index (χ3v) is 5.72. The number of carbonyl (C=O) groups excluding carboxylic acids is 1. The molecule has 0 saturated carbocycles. The molecule has 0 heterocycles. The van der Waals surface area contributed by atoms with Crippen molar-refractivity contribution in [3.63, 3.8) is 0 Å². The Kier molecular flexibility index (Phi) is 41.5. The van der Waals surface area contributed by atoms with Gasteiger partial charge in [-0.3, -0.25) is 4.79 Å². The maximum absolute atomic E-state index is 11.4. The zero-order valence-corrected chi connectivity index (χ0v) is 30.3. The molecule has 0 aromatic heterocycles. The normalized spacial score (nSPS) is 11.3. The smallest absolute Gasteiger partial charge is 0.329 e. The van der Waals surface area contributed by atoms with E-state index in [1.165, 1.54) is 0 Å². The molecule has 0 atom stereocenters. The van der Waals surface area contributed by atoms with Gasteiger partial charge < -0.3 is 81.8 Å². The maximum Gasteiger partial charge on any atom is 0.329 e. The van der Waals surface area contributed by atoms with Crippen LogP contribution >= 0.6 is 0 Å². The maximum atomic E-state index is 11.4. The van der Waals surface area contributed by atoms with Crippen LogP contribution in [0.1, 0.15) is 0 Å². The van der Waals surface area contributed by atoms with Crippen molar-refractivity contribution < 1.29 is 90.9 Å². The highest BCUT2D eigenvalue weighted by atomic mass is 16.6. The van der Waals surface area contributed by atoms with Crippen LogP contribution in [0.2, 0.25) is 0 Å². The number of hydrogen-bond acceptors (Lipinski definition) is 17. The SMILES string of the molecule is O=C(O)COCCOCCOCCOCCOCCOCCOCCOCCOCCOCCOCCOCCOCCNC(=O)COCC(=O)O. The number of carbonyl (C=O) groups is 3. The minimum atomic E-state index is -1.13. The molecule has 308 valence electrons. The summed E-state index contributed by atoms with van der Waals surface area (Å²) in [7, 11) is 0. The number of rotatable bonds is 45. The summed E-state index contributed by atoms with van der Waals surface area (Å²) >= 11 is 0. The lowest BCUT2D eigenvalue weighted by Gasteiger charge is -2.09. The molecule has 1 amide bonds. The number of hydrogen-bond donors (Lipinski definition) is 3. The number of aliphatic carboxylic acids is 2. The minimum absolute atomic E-state index is 0.232. The van der Waals surface area contributed by atoms with Gasteiger partial charge in [-0.05, 0) is 0 Å². The summed E-state index contributed by atoms with van der Waals surface area (Å²) in [5.74, 6) is -2.54. The fraction of sp³-hybridized carbons (Fsp3) is 0.906. The van der Waals surface area contributed by atoms with Gasteiger partial charge in [-0.15, -0.1) is 0 Å². The Morgan fingerprint density at radius 1 is 0.288 bits per heavy atom. The number of carboxylic acids is 2. The van der Waals surface area contributed by atoms with Gasteiger partial charge in [0.1, 0.15) is 19.8 Å². The predicted octanol–water partition coefficient (Wildman–Crippen LogP) is -1.50. The van der Waals surface area contributed by atoms with Crippen LogP contribution in [0, 0.1) is 0 Å². The zero-order chi connectivity index (χ0) is 37.8. The van der Waals surface area contributed by atoms with Crippen LogP contribution in [0.15, 0.2) is 0 Å². The quantitative estimate of drug-likeness (QED) is 0.0599. The molecule has 0 saturated heterocycles. The average Bonchev–Trinajstić information content (AvgIpc) is 3.12. The molecule has 0 bridgehead atoms. The van der Waals surface area contributed by atoms with Gasteiger partial charge in [0.05, 0.1) is 165 Å². The van der Waals surface area contributed by atoms with E-state index in [-0.39, 0.29) is 19.8 Å². The average molecular weight is 764 g/mol. The lowest BCUT2D eigenvalue weighted by Crippen LogP contribution is -2.31. The number of amides is 1. The van der Waals surface area contributed by atoms with Crippen LogP contribution in [0.5, 0.6) is 0 Å². The number of carboxylic acid groups (broad SMARTS) is 2. The molecule has 0 unspecified atom stereocenters. The van der Waals surface area contributed by atoms with Gasteiger partial charge in [-0.1, -0.05) is 0 Å². The standard InChI is InChI=1S/C32H61NO19/c34-30(27-52-29-32(37)38)33-1-2-39-3-4-40-5-6-41-7-8-42-9-10-43-11-12-44-13-14-45-15-16-46-17-18-47-19-20-48-21-22-49-23-24-50-25-26-51-28-31(35)36/h1-29H2,(H,33,34)(H,35,36)(H,37,38). The molecule has 0 aliphatic heterocycles. The van der Waals surface area contributed by atoms with E-state index in [9.17, 15) is 14.4 Å². The highest BCUT2D eigenvalue weighted by Crippen LogP contribution is 1.88. The molecule has 3 N–H and O–H groups in total. The summed E-state index contributed by atoms with van der Waals surface area (Å²) < 4.78 is 74.4. The van der Waals surface area contributed by atoms with Crippen molar-refractivity contribution in [1.82, 2.24) is 5.32 Å². The van der Waals surface area contributed by atoms with E-state index in [1.807, 2.05) is 0 Å². The lowest BCUT2D eigenvalue weighted by molar-refractivity contribution is -0.144. The molecule has 0 rings (SSSR count). The molecule has 0 radical (unpaired) electrons. The third kappa shape index (κ3) is 45.9. The Balaban J connectivity index is 3.09. The Bertz CT molecular complexity index is 782. The first-order valence-corrected chi connectivity index (χ1v) is 17.3. The van der Waals surface area contributed by atoms with Crippen LogP contribution in [-0.4, -0.2) is 220 Å². The fourth-order valence-electron chi connectivity index (χ4n) is 3.34. The van der Waals surface area contributed by atoms with Crippen molar-refractivity contribution >= 4 is 17.8 Å². The van der Waals surface area contributed by atoms with Gasteiger partial charge in [0, 0.05) is 6.54 Å². The van der Waals surface area contributed by atoms with Crippen LogP contribution in [0.4, 0.5) is 0 Å². The molecule has 20 nitrogen and oxygen atoms in total. The van der Waals surface area contributed by atoms with Crippen molar-refractivity contribution in [2.45, 2.75) is 0 Å². The molecular weight excluding hydrogens is 702 g/mol. The minimum Gasteiger partial charge on any atom is -0.480 e. The Morgan fingerprint density at radius 3 is 0.750 bits per heavy atom. The van der Waals surface area contributed by atoms with Crippen LogP contribution in [0.25, 0.3) is 0 Å². The van der Waals surface area contributed by atoms with E-state index in [0.717, 1.165) is 0 Å². The number of nitrogens with one attached hydrogen (secondary N) is 1. The monoisotopic (exact) mass is 763 g/mol. The highest BCUT2D eigenvalue weighted by Gasteiger charge is 2.03. The summed E-state index contributed by atoms with van der Waals surface area (Å²) in [5, 5.41) is 19.4. The number of ether oxygens (including phenoxy) is 14. The molecular formula is C32H61NO19. The van der Waals surface area contributed by atoms with Gasteiger partial charge in [-0.2, -0.15) is 0 Å². The zero-order valence-electron chi connectivity index (χ0n) is 30.3. The van der Waals surface area contributed by atoms with Gasteiger partial charge in [0.2, 0.25) is 5.91 Å². The second kappa shape index (κ2) is 43.3. The van der Waals surface area contributed by atoms with Crippen molar-refractivity contribution in [3.8, 4) is 0 Å². The van der Waals surface area contributed by atoms with Gasteiger partial charge >= 0.3 is 11.9 Å².